The van der Waals surface area contributed by atoms with Crippen LogP contribution in [0.4, 0.5) is 0 Å². The van der Waals surface area contributed by atoms with E-state index in [1.807, 2.05) is 18.2 Å². The quantitative estimate of drug-likeness (QED) is 0.738. The molecule has 2 nitrogen and oxygen atoms in total. The Hall–Kier alpha value is -1.46. The molecule has 14 heavy (non-hydrogen) atoms. The van der Waals surface area contributed by atoms with Gasteiger partial charge in [-0.3, -0.25) is 0 Å². The summed E-state index contributed by atoms with van der Waals surface area (Å²) in [5.41, 5.74) is -0.210. The van der Waals surface area contributed by atoms with Crippen molar-refractivity contribution in [2.24, 2.45) is 0 Å². The van der Waals surface area contributed by atoms with Crippen LogP contribution in [0.1, 0.15) is 18.9 Å². The highest BCUT2D eigenvalue weighted by Crippen LogP contribution is 2.26. The molecule has 0 aliphatic carbocycles. The minimum absolute atomic E-state index is 0.292. The molecule has 0 fully saturated rings. The highest BCUT2D eigenvalue weighted by molar-refractivity contribution is 5.32. The van der Waals surface area contributed by atoms with Crippen molar-refractivity contribution >= 4 is 0 Å². The first-order valence-corrected chi connectivity index (χ1v) is 4.40. The first kappa shape index (κ1) is 10.6. The smallest absolute Gasteiger partial charge is 0.119 e. The van der Waals surface area contributed by atoms with E-state index in [-0.39, 0.29) is 0 Å². The predicted octanol–water partition coefficient (Wildman–Crippen LogP) is 1.93. The molecule has 74 valence electrons. The van der Waals surface area contributed by atoms with Crippen molar-refractivity contribution in [3.05, 3.63) is 29.8 Å². The lowest BCUT2D eigenvalue weighted by molar-refractivity contribution is 0.0627. The summed E-state index contributed by atoms with van der Waals surface area (Å²) in [4.78, 5) is 0. The van der Waals surface area contributed by atoms with Crippen molar-refractivity contribution in [1.82, 2.24) is 0 Å². The van der Waals surface area contributed by atoms with E-state index < -0.39 is 5.60 Å². The minimum atomic E-state index is -0.983. The summed E-state index contributed by atoms with van der Waals surface area (Å²) in [6.45, 7) is 1.70. The van der Waals surface area contributed by atoms with Gasteiger partial charge in [-0.1, -0.05) is 12.1 Å². The van der Waals surface area contributed by atoms with Gasteiger partial charge in [0.2, 0.25) is 0 Å². The molecule has 0 amide bonds. The van der Waals surface area contributed by atoms with Crippen LogP contribution in [0, 0.1) is 12.3 Å². The van der Waals surface area contributed by atoms with Crippen molar-refractivity contribution in [1.29, 1.82) is 0 Å². The zero-order valence-corrected chi connectivity index (χ0v) is 8.45. The summed E-state index contributed by atoms with van der Waals surface area (Å²) in [5, 5.41) is 10.0. The number of hydrogen-bond acceptors (Lipinski definition) is 2. The van der Waals surface area contributed by atoms with Gasteiger partial charge >= 0.3 is 0 Å². The highest BCUT2D eigenvalue weighted by atomic mass is 16.5. The van der Waals surface area contributed by atoms with Crippen LogP contribution in [-0.2, 0) is 5.60 Å². The first-order valence-electron chi connectivity index (χ1n) is 4.40. The molecular weight excluding hydrogens is 176 g/mol. The van der Waals surface area contributed by atoms with Crippen molar-refractivity contribution < 1.29 is 9.84 Å². The Labute approximate surface area is 84.5 Å². The molecule has 1 aromatic rings. The zero-order valence-electron chi connectivity index (χ0n) is 8.45. The molecule has 0 saturated carbocycles. The van der Waals surface area contributed by atoms with Gasteiger partial charge in [0.25, 0.3) is 0 Å². The third-order valence-corrected chi connectivity index (χ3v) is 2.14. The molecule has 0 radical (unpaired) electrons. The van der Waals surface area contributed by atoms with E-state index in [4.69, 9.17) is 11.2 Å². The summed E-state index contributed by atoms with van der Waals surface area (Å²) in [6, 6.07) is 7.28. The fourth-order valence-electron chi connectivity index (χ4n) is 1.26. The number of methoxy groups -OCH3 is 1. The molecule has 1 rings (SSSR count). The molecule has 0 heterocycles. The van der Waals surface area contributed by atoms with Gasteiger partial charge < -0.3 is 9.84 Å². The second-order valence-corrected chi connectivity index (χ2v) is 3.39. The van der Waals surface area contributed by atoms with Crippen LogP contribution in [0.15, 0.2) is 24.3 Å². The monoisotopic (exact) mass is 190 g/mol. The number of benzene rings is 1. The summed E-state index contributed by atoms with van der Waals surface area (Å²) in [5.74, 6) is 3.18. The Morgan fingerprint density at radius 2 is 2.29 bits per heavy atom. The molecule has 0 unspecified atom stereocenters. The summed E-state index contributed by atoms with van der Waals surface area (Å²) in [6.07, 6.45) is 5.47. The number of terminal acetylenes is 1. The molecule has 1 N–H and O–H groups in total. The summed E-state index contributed by atoms with van der Waals surface area (Å²) < 4.78 is 5.07. The van der Waals surface area contributed by atoms with E-state index in [1.54, 1.807) is 20.1 Å². The molecule has 0 aromatic heterocycles. The fraction of sp³-hybridized carbons (Fsp3) is 0.333. The molecule has 1 atom stereocenters. The minimum Gasteiger partial charge on any atom is -0.497 e. The zero-order chi connectivity index (χ0) is 10.6. The molecule has 1 aromatic carbocycles. The Balaban J connectivity index is 3.01. The molecule has 0 saturated heterocycles. The highest BCUT2D eigenvalue weighted by Gasteiger charge is 2.21. The maximum absolute atomic E-state index is 10.0. The van der Waals surface area contributed by atoms with Crippen molar-refractivity contribution in [3.8, 4) is 18.1 Å². The van der Waals surface area contributed by atoms with Crippen molar-refractivity contribution in [2.75, 3.05) is 7.11 Å². The van der Waals surface area contributed by atoms with Gasteiger partial charge in [-0.2, -0.15) is 0 Å². The van der Waals surface area contributed by atoms with E-state index in [2.05, 4.69) is 5.92 Å². The number of hydrogen-bond donors (Lipinski definition) is 1. The van der Waals surface area contributed by atoms with Gasteiger partial charge in [0.1, 0.15) is 5.75 Å². The topological polar surface area (TPSA) is 29.5 Å². The van der Waals surface area contributed by atoms with Gasteiger partial charge in [0, 0.05) is 6.42 Å². The van der Waals surface area contributed by atoms with Gasteiger partial charge in [0.05, 0.1) is 12.7 Å². The average molecular weight is 190 g/mol. The van der Waals surface area contributed by atoms with E-state index >= 15 is 0 Å². The van der Waals surface area contributed by atoms with Crippen LogP contribution < -0.4 is 4.74 Å². The summed E-state index contributed by atoms with van der Waals surface area (Å²) in [7, 11) is 1.59. The van der Waals surface area contributed by atoms with Gasteiger partial charge in [-0.25, -0.2) is 0 Å². The molecule has 0 aliphatic heterocycles. The maximum Gasteiger partial charge on any atom is 0.119 e. The van der Waals surface area contributed by atoms with Crippen molar-refractivity contribution in [3.63, 3.8) is 0 Å². The molecule has 0 aliphatic rings. The largest absolute Gasteiger partial charge is 0.497 e. The molecule has 0 spiro atoms. The number of rotatable bonds is 3. The normalized spacial score (nSPS) is 14.1. The van der Waals surface area contributed by atoms with Gasteiger partial charge in [-0.15, -0.1) is 12.3 Å². The Morgan fingerprint density at radius 3 is 2.86 bits per heavy atom. The SMILES string of the molecule is C#CC[C@](C)(O)c1cccc(OC)c1. The van der Waals surface area contributed by atoms with Crippen LogP contribution in [0.3, 0.4) is 0 Å². The van der Waals surface area contributed by atoms with Gasteiger partial charge in [0.15, 0.2) is 0 Å². The lowest BCUT2D eigenvalue weighted by Crippen LogP contribution is -2.20. The average Bonchev–Trinajstić information content (AvgIpc) is 2.18. The van der Waals surface area contributed by atoms with Crippen LogP contribution in [-0.4, -0.2) is 12.2 Å². The third-order valence-electron chi connectivity index (χ3n) is 2.14. The van der Waals surface area contributed by atoms with Crippen LogP contribution in [0.5, 0.6) is 5.75 Å². The summed E-state index contributed by atoms with van der Waals surface area (Å²) >= 11 is 0. The van der Waals surface area contributed by atoms with E-state index in [0.717, 1.165) is 11.3 Å². The lowest BCUT2D eigenvalue weighted by Gasteiger charge is -2.21. The van der Waals surface area contributed by atoms with E-state index in [0.29, 0.717) is 6.42 Å². The van der Waals surface area contributed by atoms with Crippen LogP contribution >= 0.6 is 0 Å². The second-order valence-electron chi connectivity index (χ2n) is 3.39. The first-order chi connectivity index (χ1) is 6.60. The Bertz CT molecular complexity index is 348. The standard InChI is InChI=1S/C12H14O2/c1-4-8-12(2,13)10-6-5-7-11(9-10)14-3/h1,5-7,9,13H,8H2,2-3H3/t12-/m0/s1. The second kappa shape index (κ2) is 4.17. The Morgan fingerprint density at radius 1 is 1.57 bits per heavy atom. The Kier molecular flexibility index (Phi) is 3.16. The van der Waals surface area contributed by atoms with Crippen molar-refractivity contribution in [2.45, 2.75) is 18.9 Å². The van der Waals surface area contributed by atoms with E-state index in [1.165, 1.54) is 0 Å². The fourth-order valence-corrected chi connectivity index (χ4v) is 1.26. The predicted molar refractivity (Wildman–Crippen MR) is 56.0 cm³/mol. The van der Waals surface area contributed by atoms with Crippen LogP contribution in [0.2, 0.25) is 0 Å². The van der Waals surface area contributed by atoms with Crippen LogP contribution in [0.25, 0.3) is 0 Å². The maximum atomic E-state index is 10.0. The lowest BCUT2D eigenvalue weighted by atomic mass is 9.93. The number of ether oxygens (including phenoxy) is 1. The molecule has 0 bridgehead atoms. The third kappa shape index (κ3) is 2.27. The van der Waals surface area contributed by atoms with E-state index in [9.17, 15) is 5.11 Å². The molecular formula is C12H14O2. The molecule has 2 heteroatoms. The van der Waals surface area contributed by atoms with Gasteiger partial charge in [-0.05, 0) is 24.6 Å². The number of aliphatic hydroxyl groups is 1.